The Morgan fingerprint density at radius 3 is 1.92 bits per heavy atom. The van der Waals surface area contributed by atoms with Crippen LogP contribution in [0.1, 0.15) is 22.8 Å². The van der Waals surface area contributed by atoms with E-state index in [1.807, 2.05) is 0 Å². The van der Waals surface area contributed by atoms with Crippen molar-refractivity contribution in [2.24, 2.45) is 11.8 Å². The van der Waals surface area contributed by atoms with Crippen LogP contribution in [0, 0.1) is 11.8 Å². The van der Waals surface area contributed by atoms with E-state index in [4.69, 9.17) is 33.2 Å². The molecular formula is C25H28O11S. The molecule has 0 aliphatic carbocycles. The maximum Gasteiger partial charge on any atom is 0.313 e. The van der Waals surface area contributed by atoms with Crippen LogP contribution in [-0.2, 0) is 39.2 Å². The number of sulfone groups is 1. The molecule has 0 aromatic heterocycles. The average Bonchev–Trinajstić information content (AvgIpc) is 3.42. The van der Waals surface area contributed by atoms with Gasteiger partial charge in [0.25, 0.3) is 0 Å². The molecule has 0 radical (unpaired) electrons. The van der Waals surface area contributed by atoms with Gasteiger partial charge in [-0.15, -0.1) is 0 Å². The van der Waals surface area contributed by atoms with Crippen LogP contribution in [0.2, 0.25) is 0 Å². The number of hydrogen-bond donors (Lipinski definition) is 0. The second-order valence-electron chi connectivity index (χ2n) is 8.60. The minimum absolute atomic E-state index is 0.00985. The van der Waals surface area contributed by atoms with Gasteiger partial charge in [0.15, 0.2) is 32.8 Å². The normalized spacial score (nSPS) is 23.7. The van der Waals surface area contributed by atoms with Gasteiger partial charge in [0.1, 0.15) is 22.3 Å². The molecule has 37 heavy (non-hydrogen) atoms. The summed E-state index contributed by atoms with van der Waals surface area (Å²) in [5.41, 5.74) is -0.380. The van der Waals surface area contributed by atoms with Crippen LogP contribution in [0.25, 0.3) is 0 Å². The Bertz CT molecular complexity index is 1370. The highest BCUT2D eigenvalue weighted by Crippen LogP contribution is 2.66. The fourth-order valence-electron chi connectivity index (χ4n) is 5.37. The number of rotatable bonds is 8. The molecule has 2 bridgehead atoms. The van der Waals surface area contributed by atoms with E-state index in [2.05, 4.69) is 0 Å². The fraction of sp³-hybridized carbons (Fsp3) is 0.440. The number of hydrogen-bond acceptors (Lipinski definition) is 11. The van der Waals surface area contributed by atoms with Crippen LogP contribution in [0.4, 0.5) is 0 Å². The van der Waals surface area contributed by atoms with Crippen LogP contribution in [0.15, 0.2) is 29.2 Å². The molecule has 2 aliphatic rings. The molecule has 2 heterocycles. The number of carbonyl (C=O) groups excluding carboxylic acids is 2. The number of ether oxygens (including phenoxy) is 7. The van der Waals surface area contributed by atoms with Gasteiger partial charge in [0, 0.05) is 6.26 Å². The lowest BCUT2D eigenvalue weighted by Gasteiger charge is -2.36. The molecule has 0 saturated carbocycles. The summed E-state index contributed by atoms with van der Waals surface area (Å²) in [4.78, 5) is 26.2. The predicted octanol–water partition coefficient (Wildman–Crippen LogP) is 2.03. The molecule has 4 atom stereocenters. The zero-order chi connectivity index (χ0) is 27.3. The standard InChI is InChI=1S/C25H28O11S/c1-30-15-10-13-14(11-16(15)31-2)25(20(24(27)35-6)19(21(13)36-25)23(26)34-5)12-8-17(32-3)22(33-4)18(9-12)37(7,28)29/h8-11,19-21H,1-7H3/t19?,20?,21-,25+/m1/s1. The van der Waals surface area contributed by atoms with E-state index < -0.39 is 45.3 Å². The number of esters is 2. The van der Waals surface area contributed by atoms with Crippen LogP contribution < -0.4 is 18.9 Å². The molecule has 1 fully saturated rings. The van der Waals surface area contributed by atoms with E-state index in [0.717, 1.165) is 6.26 Å². The maximum atomic E-state index is 13.3. The summed E-state index contributed by atoms with van der Waals surface area (Å²) >= 11 is 0. The topological polar surface area (TPSA) is 133 Å². The van der Waals surface area contributed by atoms with Crippen LogP contribution in [-0.4, -0.2) is 69.3 Å². The minimum atomic E-state index is -3.84. The number of fused-ring (bicyclic) bond motifs is 5. The van der Waals surface area contributed by atoms with Crippen molar-refractivity contribution in [2.75, 3.05) is 48.9 Å². The minimum Gasteiger partial charge on any atom is -0.493 e. The van der Waals surface area contributed by atoms with E-state index in [1.165, 1.54) is 54.8 Å². The molecule has 2 aromatic carbocycles. The molecule has 4 rings (SSSR count). The first-order chi connectivity index (χ1) is 17.5. The maximum absolute atomic E-state index is 13.3. The van der Waals surface area contributed by atoms with E-state index in [-0.39, 0.29) is 22.0 Å². The van der Waals surface area contributed by atoms with Gasteiger partial charge in [-0.3, -0.25) is 9.59 Å². The van der Waals surface area contributed by atoms with Crippen LogP contribution in [0.5, 0.6) is 23.0 Å². The zero-order valence-electron chi connectivity index (χ0n) is 21.4. The molecule has 2 aliphatic heterocycles. The van der Waals surface area contributed by atoms with E-state index in [1.54, 1.807) is 12.1 Å². The summed E-state index contributed by atoms with van der Waals surface area (Å²) in [6.45, 7) is 0. The quantitative estimate of drug-likeness (QED) is 0.459. The van der Waals surface area contributed by atoms with Gasteiger partial charge in [-0.1, -0.05) is 0 Å². The molecule has 200 valence electrons. The number of benzene rings is 2. The highest BCUT2D eigenvalue weighted by atomic mass is 32.2. The Labute approximate surface area is 214 Å². The molecular weight excluding hydrogens is 508 g/mol. The summed E-state index contributed by atoms with van der Waals surface area (Å²) in [7, 11) is 4.16. The Hall–Kier alpha value is -3.51. The summed E-state index contributed by atoms with van der Waals surface area (Å²) in [5.74, 6) is -2.95. The van der Waals surface area contributed by atoms with Gasteiger partial charge in [-0.25, -0.2) is 8.42 Å². The van der Waals surface area contributed by atoms with Crippen molar-refractivity contribution in [3.8, 4) is 23.0 Å². The summed E-state index contributed by atoms with van der Waals surface area (Å²) in [5, 5.41) is 0. The Morgan fingerprint density at radius 2 is 1.41 bits per heavy atom. The van der Waals surface area contributed by atoms with E-state index >= 15 is 0 Å². The zero-order valence-corrected chi connectivity index (χ0v) is 22.3. The lowest BCUT2D eigenvalue weighted by atomic mass is 9.65. The van der Waals surface area contributed by atoms with Gasteiger partial charge in [-0.05, 0) is 41.0 Å². The first kappa shape index (κ1) is 26.6. The van der Waals surface area contributed by atoms with Crippen molar-refractivity contribution in [2.45, 2.75) is 16.6 Å². The van der Waals surface area contributed by atoms with Gasteiger partial charge in [0.05, 0.1) is 48.8 Å². The van der Waals surface area contributed by atoms with Gasteiger partial charge < -0.3 is 33.2 Å². The second kappa shape index (κ2) is 9.42. The third-order valence-electron chi connectivity index (χ3n) is 6.90. The SMILES string of the molecule is COC(=O)C1C(C(=O)OC)[C@@]2(c3cc(OC)c(OC)c(S(C)(=O)=O)c3)O[C@@H]1c1cc(OC)c(OC)cc12. The lowest BCUT2D eigenvalue weighted by Crippen LogP contribution is -2.45. The summed E-state index contributed by atoms with van der Waals surface area (Å²) < 4.78 is 64.0. The van der Waals surface area contributed by atoms with Gasteiger partial charge >= 0.3 is 11.9 Å². The molecule has 0 amide bonds. The number of methoxy groups -OCH3 is 6. The molecule has 11 nitrogen and oxygen atoms in total. The van der Waals surface area contributed by atoms with Gasteiger partial charge in [0.2, 0.25) is 0 Å². The smallest absolute Gasteiger partial charge is 0.313 e. The first-order valence-electron chi connectivity index (χ1n) is 11.1. The highest BCUT2D eigenvalue weighted by molar-refractivity contribution is 7.90. The third-order valence-corrected chi connectivity index (χ3v) is 8.00. The molecule has 0 N–H and O–H groups in total. The Balaban J connectivity index is 2.15. The lowest BCUT2D eigenvalue weighted by molar-refractivity contribution is -0.158. The molecule has 2 unspecified atom stereocenters. The monoisotopic (exact) mass is 536 g/mol. The van der Waals surface area contributed by atoms with E-state index in [0.29, 0.717) is 22.6 Å². The highest BCUT2D eigenvalue weighted by Gasteiger charge is 2.69. The van der Waals surface area contributed by atoms with Crippen LogP contribution >= 0.6 is 0 Å². The van der Waals surface area contributed by atoms with Gasteiger partial charge in [-0.2, -0.15) is 0 Å². The van der Waals surface area contributed by atoms with Crippen molar-refractivity contribution in [1.29, 1.82) is 0 Å². The van der Waals surface area contributed by atoms with Crippen molar-refractivity contribution in [3.05, 3.63) is 41.0 Å². The van der Waals surface area contributed by atoms with Crippen molar-refractivity contribution in [1.82, 2.24) is 0 Å². The van der Waals surface area contributed by atoms with Crippen LogP contribution in [0.3, 0.4) is 0 Å². The third kappa shape index (κ3) is 3.77. The molecule has 0 spiro atoms. The Kier molecular flexibility index (Phi) is 6.76. The van der Waals surface area contributed by atoms with Crippen molar-refractivity contribution >= 4 is 21.8 Å². The summed E-state index contributed by atoms with van der Waals surface area (Å²) in [6.07, 6.45) is 0.0939. The largest absolute Gasteiger partial charge is 0.493 e. The molecule has 12 heteroatoms. The Morgan fingerprint density at radius 1 is 0.811 bits per heavy atom. The average molecular weight is 537 g/mol. The summed E-state index contributed by atoms with van der Waals surface area (Å²) in [6, 6.07) is 6.19. The first-order valence-corrected chi connectivity index (χ1v) is 13.0. The molecule has 1 saturated heterocycles. The predicted molar refractivity (Wildman–Crippen MR) is 128 cm³/mol. The van der Waals surface area contributed by atoms with Crippen molar-refractivity contribution < 1.29 is 51.2 Å². The number of carbonyl (C=O) groups is 2. The second-order valence-corrected chi connectivity index (χ2v) is 10.6. The van der Waals surface area contributed by atoms with Crippen molar-refractivity contribution in [3.63, 3.8) is 0 Å². The van der Waals surface area contributed by atoms with E-state index in [9.17, 15) is 18.0 Å². The fourth-order valence-corrected chi connectivity index (χ4v) is 6.23. The molecule has 2 aromatic rings.